The summed E-state index contributed by atoms with van der Waals surface area (Å²) >= 11 is 0. The summed E-state index contributed by atoms with van der Waals surface area (Å²) in [6.07, 6.45) is 4.68. The first-order valence-electron chi connectivity index (χ1n) is 6.95. The lowest BCUT2D eigenvalue weighted by Crippen LogP contribution is -2.15. The van der Waals surface area contributed by atoms with Crippen LogP contribution in [0.3, 0.4) is 0 Å². The third kappa shape index (κ3) is 2.18. The van der Waals surface area contributed by atoms with Crippen molar-refractivity contribution in [1.82, 2.24) is 19.7 Å². The Morgan fingerprint density at radius 3 is 3.05 bits per heavy atom. The minimum atomic E-state index is 0.0161. The number of imidazole rings is 1. The molecule has 0 aliphatic heterocycles. The maximum Gasteiger partial charge on any atom is 0.230 e. The highest BCUT2D eigenvalue weighted by Crippen LogP contribution is 2.47. The molecule has 6 heteroatoms. The number of anilines is 1. The van der Waals surface area contributed by atoms with E-state index in [0.29, 0.717) is 5.95 Å². The zero-order valence-electron chi connectivity index (χ0n) is 11.6. The molecule has 0 spiro atoms. The predicted molar refractivity (Wildman–Crippen MR) is 78.8 cm³/mol. The standard InChI is InChI=1S/C15H15N5O/c1-20-8-9(7-16-20)10-6-11(10)14(21)19-15-17-12-4-2-3-5-13(12)18-15/h2-5,7-8,10-11H,6H2,1H3,(H2,17,18,19,21)/t10-,11+/m0/s1. The van der Waals surface area contributed by atoms with Crippen LogP contribution in [0.2, 0.25) is 0 Å². The summed E-state index contributed by atoms with van der Waals surface area (Å²) in [5.74, 6) is 0.825. The van der Waals surface area contributed by atoms with Gasteiger partial charge >= 0.3 is 0 Å². The minimum absolute atomic E-state index is 0.0161. The molecule has 4 rings (SSSR count). The van der Waals surface area contributed by atoms with Crippen molar-refractivity contribution < 1.29 is 4.79 Å². The van der Waals surface area contributed by atoms with Crippen LogP contribution in [-0.4, -0.2) is 25.7 Å². The zero-order chi connectivity index (χ0) is 14.4. The van der Waals surface area contributed by atoms with Crippen LogP contribution in [0.25, 0.3) is 11.0 Å². The molecule has 0 bridgehead atoms. The highest BCUT2D eigenvalue weighted by Gasteiger charge is 2.44. The highest BCUT2D eigenvalue weighted by atomic mass is 16.2. The number of benzene rings is 1. The number of aromatic amines is 1. The number of fused-ring (bicyclic) bond motifs is 1. The molecule has 21 heavy (non-hydrogen) atoms. The molecule has 1 fully saturated rings. The molecule has 0 saturated heterocycles. The molecule has 1 aromatic carbocycles. The largest absolute Gasteiger partial charge is 0.324 e. The topological polar surface area (TPSA) is 75.6 Å². The molecule has 2 N–H and O–H groups in total. The first kappa shape index (κ1) is 12.1. The lowest BCUT2D eigenvalue weighted by Gasteiger charge is -2.00. The van der Waals surface area contributed by atoms with Crippen molar-refractivity contribution in [2.75, 3.05) is 5.32 Å². The number of carbonyl (C=O) groups excluding carboxylic acids is 1. The number of hydrogen-bond donors (Lipinski definition) is 2. The summed E-state index contributed by atoms with van der Waals surface area (Å²) in [5, 5.41) is 7.02. The third-order valence-electron chi connectivity index (χ3n) is 3.91. The van der Waals surface area contributed by atoms with Gasteiger partial charge in [0.15, 0.2) is 0 Å². The Hall–Kier alpha value is -2.63. The van der Waals surface area contributed by atoms with Crippen LogP contribution >= 0.6 is 0 Å². The molecule has 1 aliphatic rings. The molecule has 3 aromatic rings. The number of nitrogens with one attached hydrogen (secondary N) is 2. The van der Waals surface area contributed by atoms with Gasteiger partial charge in [-0.3, -0.25) is 14.8 Å². The van der Waals surface area contributed by atoms with Crippen molar-refractivity contribution in [3.8, 4) is 0 Å². The van der Waals surface area contributed by atoms with Gasteiger partial charge < -0.3 is 4.98 Å². The summed E-state index contributed by atoms with van der Waals surface area (Å²) in [7, 11) is 1.88. The Labute approximate surface area is 121 Å². The maximum atomic E-state index is 12.2. The van der Waals surface area contributed by atoms with E-state index in [9.17, 15) is 4.79 Å². The zero-order valence-corrected chi connectivity index (χ0v) is 11.6. The Balaban J connectivity index is 1.47. The van der Waals surface area contributed by atoms with Gasteiger partial charge in [0.1, 0.15) is 0 Å². The molecule has 2 aromatic heterocycles. The maximum absolute atomic E-state index is 12.2. The van der Waals surface area contributed by atoms with Gasteiger partial charge in [0.25, 0.3) is 0 Å². The number of para-hydroxylation sites is 2. The van der Waals surface area contributed by atoms with Crippen molar-refractivity contribution in [2.24, 2.45) is 13.0 Å². The van der Waals surface area contributed by atoms with Crippen molar-refractivity contribution in [1.29, 1.82) is 0 Å². The molecule has 1 amide bonds. The summed E-state index contributed by atoms with van der Waals surface area (Å²) in [6.45, 7) is 0. The first-order valence-corrected chi connectivity index (χ1v) is 6.95. The number of nitrogens with zero attached hydrogens (tertiary/aromatic N) is 3. The van der Waals surface area contributed by atoms with E-state index in [1.165, 1.54) is 0 Å². The molecule has 0 radical (unpaired) electrons. The lowest BCUT2D eigenvalue weighted by atomic mass is 10.2. The van der Waals surface area contributed by atoms with E-state index in [0.717, 1.165) is 23.0 Å². The number of aryl methyl sites for hydroxylation is 1. The number of rotatable bonds is 3. The van der Waals surface area contributed by atoms with E-state index in [1.807, 2.05) is 43.7 Å². The van der Waals surface area contributed by atoms with Crippen LogP contribution in [0.4, 0.5) is 5.95 Å². The molecule has 106 valence electrons. The summed E-state index contributed by atoms with van der Waals surface area (Å²) in [4.78, 5) is 19.7. The minimum Gasteiger partial charge on any atom is -0.324 e. The lowest BCUT2D eigenvalue weighted by molar-refractivity contribution is -0.117. The van der Waals surface area contributed by atoms with E-state index in [-0.39, 0.29) is 17.7 Å². The SMILES string of the molecule is Cn1cc([C@@H]2C[C@H]2C(=O)Nc2nc3ccccc3[nH]2)cn1. The fourth-order valence-corrected chi connectivity index (χ4v) is 2.71. The Bertz CT molecular complexity index is 785. The number of H-pyrrole nitrogens is 1. The average molecular weight is 281 g/mol. The average Bonchev–Trinajstić information content (AvgIpc) is 2.99. The Morgan fingerprint density at radius 1 is 1.43 bits per heavy atom. The van der Waals surface area contributed by atoms with Crippen LogP contribution in [0, 0.1) is 5.92 Å². The fraction of sp³-hybridized carbons (Fsp3) is 0.267. The van der Waals surface area contributed by atoms with Gasteiger partial charge in [-0.2, -0.15) is 5.10 Å². The van der Waals surface area contributed by atoms with E-state index in [2.05, 4.69) is 20.4 Å². The normalized spacial score (nSPS) is 20.6. The molecule has 2 heterocycles. The number of amides is 1. The molecular weight excluding hydrogens is 266 g/mol. The van der Waals surface area contributed by atoms with E-state index in [4.69, 9.17) is 0 Å². The van der Waals surface area contributed by atoms with Gasteiger partial charge in [0, 0.05) is 19.2 Å². The first-order chi connectivity index (χ1) is 10.2. The van der Waals surface area contributed by atoms with Crippen molar-refractivity contribution >= 4 is 22.9 Å². The monoisotopic (exact) mass is 281 g/mol. The van der Waals surface area contributed by atoms with Gasteiger partial charge in [0.05, 0.1) is 17.2 Å². The number of carbonyl (C=O) groups is 1. The van der Waals surface area contributed by atoms with E-state index in [1.54, 1.807) is 4.68 Å². The highest BCUT2D eigenvalue weighted by molar-refractivity contribution is 5.95. The molecule has 6 nitrogen and oxygen atoms in total. The second-order valence-corrected chi connectivity index (χ2v) is 5.49. The van der Waals surface area contributed by atoms with Gasteiger partial charge in [-0.15, -0.1) is 0 Å². The summed E-state index contributed by atoms with van der Waals surface area (Å²) < 4.78 is 1.77. The van der Waals surface area contributed by atoms with Gasteiger partial charge in [0.2, 0.25) is 11.9 Å². The van der Waals surface area contributed by atoms with Crippen LogP contribution in [0.15, 0.2) is 36.7 Å². The van der Waals surface area contributed by atoms with Gasteiger partial charge in [-0.05, 0) is 30.0 Å². The number of aromatic nitrogens is 4. The van der Waals surface area contributed by atoms with Crippen molar-refractivity contribution in [3.63, 3.8) is 0 Å². The van der Waals surface area contributed by atoms with Crippen LogP contribution in [-0.2, 0) is 11.8 Å². The molecular formula is C15H15N5O. The van der Waals surface area contributed by atoms with Crippen molar-refractivity contribution in [3.05, 3.63) is 42.2 Å². The Kier molecular flexibility index (Phi) is 2.57. The van der Waals surface area contributed by atoms with Crippen LogP contribution < -0.4 is 5.32 Å². The fourth-order valence-electron chi connectivity index (χ4n) is 2.71. The number of hydrogen-bond acceptors (Lipinski definition) is 3. The molecule has 1 saturated carbocycles. The molecule has 2 atom stereocenters. The summed E-state index contributed by atoms with van der Waals surface area (Å²) in [6, 6.07) is 7.71. The van der Waals surface area contributed by atoms with Gasteiger partial charge in [-0.1, -0.05) is 12.1 Å². The molecule has 0 unspecified atom stereocenters. The van der Waals surface area contributed by atoms with Crippen molar-refractivity contribution in [2.45, 2.75) is 12.3 Å². The second kappa shape index (κ2) is 4.44. The van der Waals surface area contributed by atoms with E-state index < -0.39 is 0 Å². The third-order valence-corrected chi connectivity index (χ3v) is 3.91. The second-order valence-electron chi connectivity index (χ2n) is 5.49. The summed E-state index contributed by atoms with van der Waals surface area (Å²) in [5.41, 5.74) is 2.90. The quantitative estimate of drug-likeness (QED) is 0.771. The smallest absolute Gasteiger partial charge is 0.230 e. The van der Waals surface area contributed by atoms with Gasteiger partial charge in [-0.25, -0.2) is 4.98 Å². The van der Waals surface area contributed by atoms with Crippen LogP contribution in [0.5, 0.6) is 0 Å². The predicted octanol–water partition coefficient (Wildman–Crippen LogP) is 2.04. The van der Waals surface area contributed by atoms with E-state index >= 15 is 0 Å². The van der Waals surface area contributed by atoms with Crippen LogP contribution in [0.1, 0.15) is 17.9 Å². The Morgan fingerprint density at radius 2 is 2.29 bits per heavy atom. The molecule has 1 aliphatic carbocycles.